The highest BCUT2D eigenvalue weighted by molar-refractivity contribution is 7.66. The number of phosphoric ester groups is 2. The van der Waals surface area contributed by atoms with Crippen molar-refractivity contribution in [3.63, 3.8) is 0 Å². The minimum Gasteiger partial charge on any atom is -0.391 e. The van der Waals surface area contributed by atoms with E-state index in [1.807, 2.05) is 4.98 Å². The van der Waals surface area contributed by atoms with Crippen LogP contribution < -0.4 is 11.2 Å². The number of aliphatic hydroxyl groups excluding tert-OH is 2. The number of nitrogens with zero attached hydrogens (tertiary/aromatic N) is 1. The lowest BCUT2D eigenvalue weighted by atomic mass is 9.90. The van der Waals surface area contributed by atoms with Crippen LogP contribution in [0.1, 0.15) is 45.4 Å². The van der Waals surface area contributed by atoms with Gasteiger partial charge < -0.3 is 29.6 Å². The number of rotatable bonds is 14. The number of hydrogen-bond donors (Lipinski definition) is 6. The van der Waals surface area contributed by atoms with Crippen LogP contribution in [0.5, 0.6) is 0 Å². The van der Waals surface area contributed by atoms with E-state index >= 15 is 0 Å². The fraction of sp³-hybridized carbons (Fsp3) is 0.750. The Morgan fingerprint density at radius 2 is 1.58 bits per heavy atom. The molecule has 20 heteroatoms. The standard InChI is InChI=1S/C16H29N2O15P3/c1-11(19)13(31-16(22)18-8-7-14(20)17-15(18)21)10-30-35(25,26)33-36(27,28)32-34(23,24)29-9-12-5-3-2-4-6-12/h7-8,11-13,16,19,22H,2-6,9-10H2,1H3,(H,23,24)(H,25,26)(H,27,28)(H,17,20,21)/t11-,13-,16?/m1/s1. The minimum atomic E-state index is -5.68. The summed E-state index contributed by atoms with van der Waals surface area (Å²) in [6.07, 6.45) is -0.0812. The predicted molar refractivity (Wildman–Crippen MR) is 119 cm³/mol. The second kappa shape index (κ2) is 13.2. The number of aromatic nitrogens is 2. The second-order valence-electron chi connectivity index (χ2n) is 7.92. The van der Waals surface area contributed by atoms with Crippen molar-refractivity contribution in [3.8, 4) is 0 Å². The van der Waals surface area contributed by atoms with Crippen LogP contribution in [-0.4, -0.2) is 59.9 Å². The van der Waals surface area contributed by atoms with E-state index in [-0.39, 0.29) is 12.5 Å². The number of aromatic amines is 1. The number of H-pyrrole nitrogens is 1. The molecule has 0 aliphatic heterocycles. The summed E-state index contributed by atoms with van der Waals surface area (Å²) in [5.74, 6) is -0.0613. The van der Waals surface area contributed by atoms with Gasteiger partial charge in [-0.1, -0.05) is 19.3 Å². The van der Waals surface area contributed by atoms with Gasteiger partial charge in [0.15, 0.2) is 0 Å². The Morgan fingerprint density at radius 1 is 1.00 bits per heavy atom. The minimum absolute atomic E-state index is 0.0613. The lowest BCUT2D eigenvalue weighted by Crippen LogP contribution is -2.38. The molecule has 0 aromatic carbocycles. The van der Waals surface area contributed by atoms with Crippen LogP contribution in [0.15, 0.2) is 21.9 Å². The molecule has 1 aliphatic rings. The molecule has 0 saturated heterocycles. The SMILES string of the molecule is C[C@@H](O)[C@@H](COP(=O)(O)OP(=O)(O)OP(=O)(O)OCC1CCCCC1)OC(O)n1ccc(=O)[nH]c1=O. The Balaban J connectivity index is 1.93. The fourth-order valence-corrected chi connectivity index (χ4v) is 6.74. The molecule has 17 nitrogen and oxygen atoms in total. The van der Waals surface area contributed by atoms with Crippen molar-refractivity contribution >= 4 is 23.5 Å². The van der Waals surface area contributed by atoms with Crippen LogP contribution >= 0.6 is 23.5 Å². The monoisotopic (exact) mass is 582 g/mol. The molecule has 0 amide bonds. The summed E-state index contributed by atoms with van der Waals surface area (Å²) in [4.78, 5) is 53.7. The Kier molecular flexibility index (Phi) is 11.4. The van der Waals surface area contributed by atoms with Gasteiger partial charge in [-0.05, 0) is 25.7 Å². The van der Waals surface area contributed by atoms with E-state index in [4.69, 9.17) is 4.74 Å². The lowest BCUT2D eigenvalue weighted by Gasteiger charge is -2.25. The molecular weight excluding hydrogens is 553 g/mol. The molecule has 0 bridgehead atoms. The largest absolute Gasteiger partial charge is 0.490 e. The maximum Gasteiger partial charge on any atom is 0.490 e. The van der Waals surface area contributed by atoms with Crippen LogP contribution in [0.3, 0.4) is 0 Å². The molecule has 6 N–H and O–H groups in total. The maximum atomic E-state index is 12.1. The van der Waals surface area contributed by atoms with E-state index in [9.17, 15) is 48.2 Å². The summed E-state index contributed by atoms with van der Waals surface area (Å²) < 4.78 is 58.7. The van der Waals surface area contributed by atoms with Gasteiger partial charge >= 0.3 is 29.2 Å². The van der Waals surface area contributed by atoms with Crippen LogP contribution in [0.2, 0.25) is 0 Å². The molecule has 2 rings (SSSR count). The Hall–Kier alpha value is -1.03. The van der Waals surface area contributed by atoms with E-state index in [1.165, 1.54) is 0 Å². The second-order valence-corrected chi connectivity index (χ2v) is 12.6. The molecular formula is C16H29N2O15P3. The fourth-order valence-electron chi connectivity index (χ4n) is 3.16. The highest BCUT2D eigenvalue weighted by Crippen LogP contribution is 2.67. The van der Waals surface area contributed by atoms with Crippen molar-refractivity contribution in [1.29, 1.82) is 0 Å². The van der Waals surface area contributed by atoms with Gasteiger partial charge in [0.25, 0.3) is 5.56 Å². The zero-order chi connectivity index (χ0) is 27.1. The Morgan fingerprint density at radius 3 is 2.14 bits per heavy atom. The number of hydrogen-bond acceptors (Lipinski definition) is 12. The molecule has 4 unspecified atom stereocenters. The predicted octanol–water partition coefficient (Wildman–Crippen LogP) is 0.699. The smallest absolute Gasteiger partial charge is 0.391 e. The van der Waals surface area contributed by atoms with Gasteiger partial charge in [0, 0.05) is 12.3 Å². The molecule has 1 heterocycles. The summed E-state index contributed by atoms with van der Waals surface area (Å²) in [6, 6.07) is 0.884. The summed E-state index contributed by atoms with van der Waals surface area (Å²) in [5.41, 5.74) is -1.84. The molecule has 0 radical (unpaired) electrons. The van der Waals surface area contributed by atoms with Crippen molar-refractivity contribution in [2.75, 3.05) is 13.2 Å². The first-order valence-electron chi connectivity index (χ1n) is 10.6. The molecule has 6 atom stereocenters. The zero-order valence-corrected chi connectivity index (χ0v) is 21.7. The third-order valence-electron chi connectivity index (χ3n) is 4.94. The van der Waals surface area contributed by atoms with Gasteiger partial charge in [0.05, 0.1) is 19.3 Å². The molecule has 1 aromatic heterocycles. The zero-order valence-electron chi connectivity index (χ0n) is 19.0. The van der Waals surface area contributed by atoms with E-state index in [2.05, 4.69) is 17.7 Å². The molecule has 1 aliphatic carbocycles. The number of aliphatic hydroxyl groups is 2. The van der Waals surface area contributed by atoms with E-state index in [1.54, 1.807) is 0 Å². The normalized spacial score (nSPS) is 22.6. The highest BCUT2D eigenvalue weighted by Gasteiger charge is 2.43. The van der Waals surface area contributed by atoms with Crippen molar-refractivity contribution < 1.29 is 61.0 Å². The van der Waals surface area contributed by atoms with Gasteiger partial charge in [-0.25, -0.2) is 18.5 Å². The van der Waals surface area contributed by atoms with E-state index in [0.29, 0.717) is 4.57 Å². The summed E-state index contributed by atoms with van der Waals surface area (Å²) in [6.45, 7) is -0.171. The summed E-state index contributed by atoms with van der Waals surface area (Å²) >= 11 is 0. The molecule has 208 valence electrons. The third kappa shape index (κ3) is 10.8. The van der Waals surface area contributed by atoms with Gasteiger partial charge in [-0.2, -0.15) is 8.62 Å². The van der Waals surface area contributed by atoms with Gasteiger partial charge in [-0.15, -0.1) is 0 Å². The van der Waals surface area contributed by atoms with Crippen LogP contribution in [-0.2, 0) is 36.1 Å². The first-order chi connectivity index (χ1) is 16.6. The van der Waals surface area contributed by atoms with Crippen LogP contribution in [0, 0.1) is 5.92 Å². The van der Waals surface area contributed by atoms with Gasteiger partial charge in [0.2, 0.25) is 6.41 Å². The summed E-state index contributed by atoms with van der Waals surface area (Å²) in [5, 5.41) is 19.8. The Bertz CT molecular complexity index is 1110. The highest BCUT2D eigenvalue weighted by atomic mass is 31.3. The van der Waals surface area contributed by atoms with Crippen molar-refractivity contribution in [3.05, 3.63) is 33.1 Å². The van der Waals surface area contributed by atoms with Crippen molar-refractivity contribution in [2.24, 2.45) is 5.92 Å². The molecule has 36 heavy (non-hydrogen) atoms. The molecule has 0 spiro atoms. The number of ether oxygens (including phenoxy) is 1. The molecule has 1 saturated carbocycles. The molecule has 1 aromatic rings. The van der Waals surface area contributed by atoms with Gasteiger partial charge in [-0.3, -0.25) is 23.4 Å². The lowest BCUT2D eigenvalue weighted by molar-refractivity contribution is -0.212. The Labute approximate surface area is 204 Å². The average molecular weight is 582 g/mol. The topological polar surface area (TPSA) is 253 Å². The first kappa shape index (κ1) is 31.2. The van der Waals surface area contributed by atoms with Gasteiger partial charge in [0.1, 0.15) is 6.10 Å². The van der Waals surface area contributed by atoms with Crippen LogP contribution in [0.4, 0.5) is 0 Å². The maximum absolute atomic E-state index is 12.1. The number of nitrogens with one attached hydrogen (secondary N) is 1. The average Bonchev–Trinajstić information content (AvgIpc) is 2.74. The van der Waals surface area contributed by atoms with E-state index in [0.717, 1.165) is 51.3 Å². The van der Waals surface area contributed by atoms with Crippen molar-refractivity contribution in [1.82, 2.24) is 9.55 Å². The molecule has 1 fully saturated rings. The van der Waals surface area contributed by atoms with E-state index < -0.39 is 59.9 Å². The van der Waals surface area contributed by atoms with Crippen LogP contribution in [0.25, 0.3) is 0 Å². The number of phosphoric acid groups is 3. The van der Waals surface area contributed by atoms with Crippen molar-refractivity contribution in [2.45, 2.75) is 57.6 Å². The first-order valence-corrected chi connectivity index (χ1v) is 15.1. The third-order valence-corrected chi connectivity index (χ3v) is 9.19. The quantitative estimate of drug-likeness (QED) is 0.130. The summed E-state index contributed by atoms with van der Waals surface area (Å²) in [7, 11) is -16.3.